The minimum atomic E-state index is -0.968. The number of esters is 1. The van der Waals surface area contributed by atoms with Gasteiger partial charge in [-0.1, -0.05) is 48.5 Å². The topological polar surface area (TPSA) is 73.9 Å². The second kappa shape index (κ2) is 8.88. The van der Waals surface area contributed by atoms with Gasteiger partial charge in [0.2, 0.25) is 0 Å². The zero-order chi connectivity index (χ0) is 21.9. The second-order valence-electron chi connectivity index (χ2n) is 8.41. The maximum absolute atomic E-state index is 12.5. The molecule has 6 nitrogen and oxygen atoms in total. The third kappa shape index (κ3) is 4.82. The number of hydrogen-bond donors (Lipinski definition) is 1. The summed E-state index contributed by atoms with van der Waals surface area (Å²) in [6, 6.07) is 15.3. The highest BCUT2D eigenvalue weighted by molar-refractivity contribution is 5.82. The smallest absolute Gasteiger partial charge is 0.407 e. The summed E-state index contributed by atoms with van der Waals surface area (Å²) in [5.74, 6) is -0.636. The molecule has 0 saturated carbocycles. The maximum atomic E-state index is 12.5. The molecule has 0 fully saturated rings. The van der Waals surface area contributed by atoms with Crippen molar-refractivity contribution >= 4 is 12.1 Å². The van der Waals surface area contributed by atoms with Gasteiger partial charge in [0.25, 0.3) is 0 Å². The molecule has 0 saturated heterocycles. The lowest BCUT2D eigenvalue weighted by Gasteiger charge is -2.29. The summed E-state index contributed by atoms with van der Waals surface area (Å²) in [6.45, 7) is 7.53. The Morgan fingerprint density at radius 1 is 1.00 bits per heavy atom. The normalized spacial score (nSPS) is 15.0. The number of fused-ring (bicyclic) bond motifs is 3. The van der Waals surface area contributed by atoms with E-state index in [-0.39, 0.29) is 12.5 Å². The quantitative estimate of drug-likeness (QED) is 0.719. The number of rotatable bonds is 6. The van der Waals surface area contributed by atoms with E-state index in [2.05, 4.69) is 29.6 Å². The number of carbonyl (C=O) groups is 2. The lowest BCUT2D eigenvalue weighted by Crippen LogP contribution is -2.51. The van der Waals surface area contributed by atoms with E-state index >= 15 is 0 Å². The monoisotopic (exact) mass is 411 g/mol. The first-order valence-electron chi connectivity index (χ1n) is 10.1. The van der Waals surface area contributed by atoms with Crippen LogP contribution in [0.1, 0.15) is 44.7 Å². The van der Waals surface area contributed by atoms with E-state index in [1.807, 2.05) is 45.0 Å². The molecule has 1 aliphatic carbocycles. The number of methoxy groups -OCH3 is 1. The largest absolute Gasteiger partial charge is 0.467 e. The molecular formula is C24H29NO5. The fourth-order valence-corrected chi connectivity index (χ4v) is 3.89. The molecule has 6 heteroatoms. The first-order valence-corrected chi connectivity index (χ1v) is 10.1. The van der Waals surface area contributed by atoms with Crippen molar-refractivity contribution in [2.45, 2.75) is 51.4 Å². The van der Waals surface area contributed by atoms with Crippen LogP contribution < -0.4 is 5.32 Å². The zero-order valence-electron chi connectivity index (χ0n) is 18.1. The average Bonchev–Trinajstić information content (AvgIpc) is 3.02. The molecule has 1 aliphatic rings. The third-order valence-corrected chi connectivity index (χ3v) is 5.08. The highest BCUT2D eigenvalue weighted by Gasteiger charge is 2.33. The average molecular weight is 411 g/mol. The summed E-state index contributed by atoms with van der Waals surface area (Å²) in [7, 11) is 1.28. The summed E-state index contributed by atoms with van der Waals surface area (Å²) in [4.78, 5) is 24.7. The highest BCUT2D eigenvalue weighted by Crippen LogP contribution is 2.44. The lowest BCUT2D eigenvalue weighted by molar-refractivity contribution is -0.150. The number of alkyl carbamates (subject to hydrolysis) is 1. The first-order chi connectivity index (χ1) is 14.2. The molecule has 0 bridgehead atoms. The standard InChI is InChI=1S/C24H29NO5/c1-15(30-24(2,3)4)21(22(26)28-5)25-23(27)29-14-20-18-12-8-6-10-16(18)17-11-7-9-13-19(17)20/h6-13,15,20-21H,14H2,1-5H3,(H,25,27). The van der Waals surface area contributed by atoms with E-state index in [9.17, 15) is 9.59 Å². The Balaban J connectivity index is 1.69. The van der Waals surface area contributed by atoms with Crippen molar-refractivity contribution in [2.24, 2.45) is 0 Å². The van der Waals surface area contributed by atoms with Gasteiger partial charge in [0, 0.05) is 5.92 Å². The summed E-state index contributed by atoms with van der Waals surface area (Å²) in [5, 5.41) is 2.60. The van der Waals surface area contributed by atoms with Crippen LogP contribution in [-0.2, 0) is 19.0 Å². The molecule has 0 aliphatic heterocycles. The Labute approximate surface area is 177 Å². The minimum absolute atomic E-state index is 0.0528. The Bertz CT molecular complexity index is 872. The van der Waals surface area contributed by atoms with Crippen molar-refractivity contribution in [1.29, 1.82) is 0 Å². The number of benzene rings is 2. The van der Waals surface area contributed by atoms with Gasteiger partial charge < -0.3 is 19.5 Å². The van der Waals surface area contributed by atoms with Crippen molar-refractivity contribution < 1.29 is 23.8 Å². The molecule has 2 unspecified atom stereocenters. The fourth-order valence-electron chi connectivity index (χ4n) is 3.89. The Morgan fingerprint density at radius 2 is 1.53 bits per heavy atom. The molecule has 3 rings (SSSR count). The molecule has 0 heterocycles. The van der Waals surface area contributed by atoms with Crippen molar-refractivity contribution in [1.82, 2.24) is 5.32 Å². The molecule has 2 atom stereocenters. The van der Waals surface area contributed by atoms with E-state index in [1.165, 1.54) is 7.11 Å². The predicted molar refractivity (Wildman–Crippen MR) is 114 cm³/mol. The number of carbonyl (C=O) groups excluding carboxylic acids is 2. The van der Waals surface area contributed by atoms with Crippen molar-refractivity contribution in [3.05, 3.63) is 59.7 Å². The fraction of sp³-hybridized carbons (Fsp3) is 0.417. The predicted octanol–water partition coefficient (Wildman–Crippen LogP) is 4.27. The van der Waals surface area contributed by atoms with E-state index in [0.717, 1.165) is 22.3 Å². The SMILES string of the molecule is COC(=O)C(NC(=O)OCC1c2ccccc2-c2ccccc21)C(C)OC(C)(C)C. The van der Waals surface area contributed by atoms with Gasteiger partial charge in [0.15, 0.2) is 6.04 Å². The zero-order valence-corrected chi connectivity index (χ0v) is 18.1. The molecule has 160 valence electrons. The Hall–Kier alpha value is -2.86. The minimum Gasteiger partial charge on any atom is -0.467 e. The van der Waals surface area contributed by atoms with Crippen LogP contribution in [0.5, 0.6) is 0 Å². The van der Waals surface area contributed by atoms with Gasteiger partial charge in [-0.15, -0.1) is 0 Å². The number of amides is 1. The summed E-state index contributed by atoms with van der Waals surface area (Å²) < 4.78 is 16.2. The lowest BCUT2D eigenvalue weighted by atomic mass is 9.98. The molecule has 0 radical (unpaired) electrons. The summed E-state index contributed by atoms with van der Waals surface area (Å²) in [5.41, 5.74) is 4.08. The van der Waals surface area contributed by atoms with Gasteiger partial charge >= 0.3 is 12.1 Å². The number of hydrogen-bond acceptors (Lipinski definition) is 5. The van der Waals surface area contributed by atoms with Gasteiger partial charge in [0.05, 0.1) is 18.8 Å². The van der Waals surface area contributed by atoms with Crippen LogP contribution in [0.4, 0.5) is 4.79 Å². The van der Waals surface area contributed by atoms with Gasteiger partial charge in [0.1, 0.15) is 6.61 Å². The molecule has 1 N–H and O–H groups in total. The Kier molecular flexibility index (Phi) is 6.46. The Morgan fingerprint density at radius 3 is 2.03 bits per heavy atom. The van der Waals surface area contributed by atoms with Gasteiger partial charge in [-0.3, -0.25) is 0 Å². The van der Waals surface area contributed by atoms with E-state index in [1.54, 1.807) is 6.92 Å². The van der Waals surface area contributed by atoms with Crippen LogP contribution in [-0.4, -0.2) is 43.5 Å². The molecule has 0 aromatic heterocycles. The van der Waals surface area contributed by atoms with Crippen molar-refractivity contribution in [3.8, 4) is 11.1 Å². The molecule has 0 spiro atoms. The van der Waals surface area contributed by atoms with Crippen LogP contribution in [0.15, 0.2) is 48.5 Å². The van der Waals surface area contributed by atoms with Crippen molar-refractivity contribution in [3.63, 3.8) is 0 Å². The number of ether oxygens (including phenoxy) is 3. The third-order valence-electron chi connectivity index (χ3n) is 5.08. The molecular weight excluding hydrogens is 382 g/mol. The van der Waals surface area contributed by atoms with Crippen LogP contribution in [0.3, 0.4) is 0 Å². The van der Waals surface area contributed by atoms with Gasteiger partial charge in [-0.25, -0.2) is 9.59 Å². The first kappa shape index (κ1) is 21.8. The van der Waals surface area contributed by atoms with Gasteiger partial charge in [-0.05, 0) is 49.9 Å². The number of nitrogens with one attached hydrogen (secondary N) is 1. The molecule has 1 amide bonds. The maximum Gasteiger partial charge on any atom is 0.407 e. The van der Waals surface area contributed by atoms with Gasteiger partial charge in [-0.2, -0.15) is 0 Å². The second-order valence-corrected chi connectivity index (χ2v) is 8.41. The highest BCUT2D eigenvalue weighted by atomic mass is 16.6. The molecule has 2 aromatic carbocycles. The van der Waals surface area contributed by atoms with E-state index in [4.69, 9.17) is 14.2 Å². The van der Waals surface area contributed by atoms with Crippen molar-refractivity contribution in [2.75, 3.05) is 13.7 Å². The van der Waals surface area contributed by atoms with Crippen LogP contribution in [0.25, 0.3) is 11.1 Å². The van der Waals surface area contributed by atoms with Crippen LogP contribution in [0, 0.1) is 0 Å². The summed E-state index contributed by atoms with van der Waals surface area (Å²) >= 11 is 0. The molecule has 2 aromatic rings. The van der Waals surface area contributed by atoms with E-state index < -0.39 is 29.8 Å². The van der Waals surface area contributed by atoms with Crippen LogP contribution >= 0.6 is 0 Å². The molecule has 30 heavy (non-hydrogen) atoms. The summed E-state index contributed by atoms with van der Waals surface area (Å²) in [6.07, 6.45) is -1.27. The van der Waals surface area contributed by atoms with Crippen LogP contribution in [0.2, 0.25) is 0 Å². The van der Waals surface area contributed by atoms with E-state index in [0.29, 0.717) is 0 Å².